The maximum Gasteiger partial charge on any atom is 0.264 e. The Morgan fingerprint density at radius 3 is 2.59 bits per heavy atom. The van der Waals surface area contributed by atoms with Crippen LogP contribution in [0.2, 0.25) is 18.6 Å². The number of carbonyl (C=O) groups is 2. The van der Waals surface area contributed by atoms with Crippen molar-refractivity contribution in [1.29, 1.82) is 0 Å². The Hall–Kier alpha value is -2.30. The van der Waals surface area contributed by atoms with E-state index >= 15 is 0 Å². The van der Waals surface area contributed by atoms with Gasteiger partial charge in [0.05, 0.1) is 24.8 Å². The van der Waals surface area contributed by atoms with Crippen molar-refractivity contribution in [3.05, 3.63) is 76.8 Å². The van der Waals surface area contributed by atoms with Crippen LogP contribution in [0, 0.1) is 5.92 Å². The quantitative estimate of drug-likeness (QED) is 0.339. The van der Waals surface area contributed by atoms with Crippen molar-refractivity contribution in [2.45, 2.75) is 50.2 Å². The van der Waals surface area contributed by atoms with Crippen molar-refractivity contribution < 1.29 is 24.2 Å². The molecule has 2 aromatic carbocycles. The smallest absolute Gasteiger partial charge is 0.264 e. The molecule has 2 heterocycles. The Balaban J connectivity index is 1.70. The summed E-state index contributed by atoms with van der Waals surface area (Å²) >= 11 is 3.54. The first-order valence-corrected chi connectivity index (χ1v) is 16.4. The molecule has 1 fully saturated rings. The Kier molecular flexibility index (Phi) is 8.11. The van der Waals surface area contributed by atoms with Gasteiger partial charge in [0.25, 0.3) is 5.91 Å². The lowest BCUT2D eigenvalue weighted by molar-refractivity contribution is -0.149. The second-order valence-electron chi connectivity index (χ2n) is 10.5. The van der Waals surface area contributed by atoms with Crippen LogP contribution in [0.15, 0.2) is 65.7 Å². The standard InChI is InChI=1S/C28H35BrN2O5Si/c1-5-13-31-23-12-11-21(29)16-22(23)28(27(31)34)19(2)26(37(3,4)35)24(36-28)17-25(33)30(14-15-32)18-20-9-7-6-8-10-20/h5-12,16,19,24,26,32,35H,1,13-15,17-18H2,2-4H3/t19-,24+,26-,28+/m1/s1. The van der Waals surface area contributed by atoms with Gasteiger partial charge in [-0.05, 0) is 36.9 Å². The topological polar surface area (TPSA) is 90.3 Å². The van der Waals surface area contributed by atoms with Crippen LogP contribution < -0.4 is 4.90 Å². The summed E-state index contributed by atoms with van der Waals surface area (Å²) in [6.07, 6.45) is 1.05. The number of fused-ring (bicyclic) bond motifs is 2. The second kappa shape index (κ2) is 10.8. The fourth-order valence-electron chi connectivity index (χ4n) is 6.08. The largest absolute Gasteiger partial charge is 0.432 e. The van der Waals surface area contributed by atoms with Gasteiger partial charge in [-0.3, -0.25) is 9.59 Å². The monoisotopic (exact) mass is 586 g/mol. The number of rotatable bonds is 9. The van der Waals surface area contributed by atoms with Crippen molar-refractivity contribution in [3.8, 4) is 0 Å². The number of nitrogens with zero attached hydrogens (tertiary/aromatic N) is 2. The summed E-state index contributed by atoms with van der Waals surface area (Å²) < 4.78 is 7.52. The molecule has 0 aromatic heterocycles. The van der Waals surface area contributed by atoms with E-state index in [1.54, 1.807) is 15.9 Å². The molecule has 2 aliphatic rings. The first-order valence-electron chi connectivity index (χ1n) is 12.6. The number of hydrogen-bond donors (Lipinski definition) is 2. The van der Waals surface area contributed by atoms with Crippen LogP contribution in [0.5, 0.6) is 0 Å². The maximum atomic E-state index is 14.0. The second-order valence-corrected chi connectivity index (χ2v) is 15.3. The lowest BCUT2D eigenvalue weighted by atomic mass is 9.82. The van der Waals surface area contributed by atoms with E-state index < -0.39 is 20.0 Å². The first-order chi connectivity index (χ1) is 17.5. The third kappa shape index (κ3) is 5.07. The zero-order chi connectivity index (χ0) is 27.0. The Bertz CT molecular complexity index is 1170. The van der Waals surface area contributed by atoms with Crippen molar-refractivity contribution in [2.75, 3.05) is 24.6 Å². The van der Waals surface area contributed by atoms with E-state index in [1.807, 2.05) is 68.5 Å². The minimum atomic E-state index is -2.89. The van der Waals surface area contributed by atoms with E-state index in [2.05, 4.69) is 22.5 Å². The van der Waals surface area contributed by atoms with Crippen LogP contribution in [0.25, 0.3) is 0 Å². The molecule has 198 valence electrons. The minimum Gasteiger partial charge on any atom is -0.432 e. The number of hydrogen-bond acceptors (Lipinski definition) is 5. The highest BCUT2D eigenvalue weighted by Crippen LogP contribution is 2.59. The molecule has 37 heavy (non-hydrogen) atoms. The van der Waals surface area contributed by atoms with Crippen LogP contribution >= 0.6 is 15.9 Å². The third-order valence-electron chi connectivity index (χ3n) is 7.57. The van der Waals surface area contributed by atoms with Crippen molar-refractivity contribution in [1.82, 2.24) is 4.90 Å². The molecule has 2 aromatic rings. The predicted octanol–water partition coefficient (Wildman–Crippen LogP) is 4.19. The van der Waals surface area contributed by atoms with Gasteiger partial charge in [0.2, 0.25) is 5.91 Å². The molecule has 0 radical (unpaired) electrons. The number of benzene rings is 2. The van der Waals surface area contributed by atoms with Gasteiger partial charge >= 0.3 is 0 Å². The highest BCUT2D eigenvalue weighted by atomic mass is 79.9. The maximum absolute atomic E-state index is 14.0. The molecule has 0 saturated carbocycles. The summed E-state index contributed by atoms with van der Waals surface area (Å²) in [6, 6.07) is 15.3. The Labute approximate surface area is 228 Å². The van der Waals surface area contributed by atoms with E-state index in [9.17, 15) is 19.5 Å². The van der Waals surface area contributed by atoms with Gasteiger partial charge in [0, 0.05) is 41.1 Å². The Morgan fingerprint density at radius 1 is 1.27 bits per heavy atom. The van der Waals surface area contributed by atoms with Gasteiger partial charge in [-0.1, -0.05) is 59.3 Å². The number of aliphatic hydroxyl groups is 1. The fraction of sp³-hybridized carbons (Fsp3) is 0.429. The SMILES string of the molecule is C=CCN1C(=O)[C@@]2(O[C@@H](CC(=O)N(CCO)Cc3ccccc3)[C@H]([Si](C)(C)O)[C@H]2C)c2cc(Br)ccc21. The van der Waals surface area contributed by atoms with Crippen LogP contribution in [-0.2, 0) is 26.5 Å². The summed E-state index contributed by atoms with van der Waals surface area (Å²) in [5, 5.41) is 9.64. The molecular weight excluding hydrogens is 552 g/mol. The first kappa shape index (κ1) is 27.7. The number of amides is 2. The Morgan fingerprint density at radius 2 is 1.97 bits per heavy atom. The minimum absolute atomic E-state index is 0.0126. The predicted molar refractivity (Wildman–Crippen MR) is 149 cm³/mol. The summed E-state index contributed by atoms with van der Waals surface area (Å²) in [5.41, 5.74) is 0.805. The zero-order valence-corrected chi connectivity index (χ0v) is 24.1. The highest BCUT2D eigenvalue weighted by Gasteiger charge is 2.66. The normalized spacial score (nSPS) is 25.0. The fourth-order valence-corrected chi connectivity index (χ4v) is 8.99. The van der Waals surface area contributed by atoms with Gasteiger partial charge in [0.15, 0.2) is 13.9 Å². The molecule has 9 heteroatoms. The molecular formula is C28H35BrN2O5Si. The van der Waals surface area contributed by atoms with Crippen LogP contribution in [-0.4, -0.2) is 60.7 Å². The van der Waals surface area contributed by atoms with Crippen molar-refractivity contribution in [3.63, 3.8) is 0 Å². The average Bonchev–Trinajstić information content (AvgIpc) is 3.26. The van der Waals surface area contributed by atoms with E-state index in [-0.39, 0.29) is 42.8 Å². The summed E-state index contributed by atoms with van der Waals surface area (Å²) in [4.78, 5) is 42.3. The number of carbonyl (C=O) groups excluding carboxylic acids is 2. The molecule has 0 bridgehead atoms. The lowest BCUT2D eigenvalue weighted by Crippen LogP contribution is -2.46. The van der Waals surface area contributed by atoms with Crippen molar-refractivity contribution >= 4 is 41.7 Å². The molecule has 2 N–H and O–H groups in total. The van der Waals surface area contributed by atoms with E-state index in [0.29, 0.717) is 13.1 Å². The van der Waals surface area contributed by atoms with Crippen LogP contribution in [0.1, 0.15) is 24.5 Å². The lowest BCUT2D eigenvalue weighted by Gasteiger charge is -2.32. The number of anilines is 1. The number of halogens is 1. The summed E-state index contributed by atoms with van der Waals surface area (Å²) in [6.45, 7) is 10.2. The molecule has 7 nitrogen and oxygen atoms in total. The van der Waals surface area contributed by atoms with Gasteiger partial charge in [-0.15, -0.1) is 6.58 Å². The molecule has 0 unspecified atom stereocenters. The number of aliphatic hydroxyl groups excluding tert-OH is 1. The molecule has 4 rings (SSSR count). The molecule has 1 spiro atoms. The van der Waals surface area contributed by atoms with E-state index in [1.165, 1.54) is 0 Å². The van der Waals surface area contributed by atoms with Crippen molar-refractivity contribution in [2.24, 2.45) is 5.92 Å². The molecule has 2 amide bonds. The van der Waals surface area contributed by atoms with Gasteiger partial charge < -0.3 is 24.4 Å². The third-order valence-corrected chi connectivity index (χ3v) is 10.6. The molecule has 0 aliphatic carbocycles. The van der Waals surface area contributed by atoms with Gasteiger partial charge in [-0.2, -0.15) is 0 Å². The van der Waals surface area contributed by atoms with E-state index in [4.69, 9.17) is 4.74 Å². The average molecular weight is 588 g/mol. The molecule has 2 aliphatic heterocycles. The zero-order valence-electron chi connectivity index (χ0n) is 21.6. The van der Waals surface area contributed by atoms with Crippen LogP contribution in [0.4, 0.5) is 5.69 Å². The summed E-state index contributed by atoms with van der Waals surface area (Å²) in [5.74, 6) is -0.728. The number of ether oxygens (including phenoxy) is 1. The molecule has 1 saturated heterocycles. The van der Waals surface area contributed by atoms with Gasteiger partial charge in [-0.25, -0.2) is 0 Å². The van der Waals surface area contributed by atoms with Crippen LogP contribution in [0.3, 0.4) is 0 Å². The van der Waals surface area contributed by atoms with E-state index in [0.717, 1.165) is 21.3 Å². The highest BCUT2D eigenvalue weighted by molar-refractivity contribution is 9.10. The van der Waals surface area contributed by atoms with Gasteiger partial charge in [0.1, 0.15) is 0 Å². The molecule has 4 atom stereocenters. The summed E-state index contributed by atoms with van der Waals surface area (Å²) in [7, 11) is -2.89.